The standard InChI is InChI=1S/C22H26N6OS.C2H6.CH4S/c1-3-4-9-23-14-15(2)25-21-24-10-8-18(26-21)20-19(16-6-5-7-17(29)13-16)27-22-28(20)11-12-30-22;2*1-2/h5-8,10-13,15,23,29H,3-4,9,14H2,1-2H3,(H,24,25,26);1-2H3;2H,1H3. The van der Waals surface area contributed by atoms with Gasteiger partial charge in [0.25, 0.3) is 0 Å². The summed E-state index contributed by atoms with van der Waals surface area (Å²) < 4.78 is 2.03. The number of nitrogens with zero attached hydrogens (tertiary/aromatic N) is 4. The summed E-state index contributed by atoms with van der Waals surface area (Å²) in [6.07, 6.45) is 7.81. The highest BCUT2D eigenvalue weighted by Gasteiger charge is 2.19. The first kappa shape index (κ1) is 27.6. The maximum Gasteiger partial charge on any atom is 0.223 e. The average Bonchev–Trinajstić information content (AvgIpc) is 3.46. The summed E-state index contributed by atoms with van der Waals surface area (Å²) in [6.45, 7) is 10.2. The van der Waals surface area contributed by atoms with E-state index in [1.165, 1.54) is 12.8 Å². The van der Waals surface area contributed by atoms with E-state index in [4.69, 9.17) is 9.97 Å². The highest BCUT2D eigenvalue weighted by atomic mass is 32.1. The first-order valence-electron chi connectivity index (χ1n) is 11.7. The van der Waals surface area contributed by atoms with Gasteiger partial charge >= 0.3 is 0 Å². The number of aromatic nitrogens is 4. The number of hydrogen-bond acceptors (Lipinski definition) is 8. The quantitative estimate of drug-likeness (QED) is 0.167. The zero-order valence-electron chi connectivity index (χ0n) is 20.6. The van der Waals surface area contributed by atoms with Crippen LogP contribution in [0.1, 0.15) is 40.5 Å². The molecule has 0 saturated heterocycles. The van der Waals surface area contributed by atoms with Gasteiger partial charge in [-0.3, -0.25) is 4.40 Å². The van der Waals surface area contributed by atoms with Crippen LogP contribution in [0.25, 0.3) is 27.6 Å². The molecule has 34 heavy (non-hydrogen) atoms. The Morgan fingerprint density at radius 3 is 2.71 bits per heavy atom. The lowest BCUT2D eigenvalue weighted by Gasteiger charge is -2.15. The Bertz CT molecular complexity index is 1130. The van der Waals surface area contributed by atoms with Crippen molar-refractivity contribution in [2.24, 2.45) is 0 Å². The molecule has 0 radical (unpaired) electrons. The summed E-state index contributed by atoms with van der Waals surface area (Å²) in [4.78, 5) is 14.8. The second-order valence-electron chi connectivity index (χ2n) is 7.28. The van der Waals surface area contributed by atoms with Gasteiger partial charge in [-0.25, -0.2) is 15.0 Å². The van der Waals surface area contributed by atoms with Gasteiger partial charge in [-0.05, 0) is 44.3 Å². The summed E-state index contributed by atoms with van der Waals surface area (Å²) in [5.41, 5.74) is 3.30. The molecule has 0 fully saturated rings. The van der Waals surface area contributed by atoms with Crippen molar-refractivity contribution in [3.05, 3.63) is 48.1 Å². The Morgan fingerprint density at radius 1 is 1.18 bits per heavy atom. The molecule has 3 heterocycles. The molecule has 0 aliphatic heterocycles. The molecule has 1 aromatic carbocycles. The Morgan fingerprint density at radius 2 is 1.97 bits per heavy atom. The number of rotatable bonds is 9. The highest BCUT2D eigenvalue weighted by molar-refractivity contribution is 7.79. The molecule has 9 heteroatoms. The summed E-state index contributed by atoms with van der Waals surface area (Å²) in [5.74, 6) is 0.800. The molecule has 1 atom stereocenters. The number of phenolic OH excluding ortho intramolecular Hbond substituents is 1. The van der Waals surface area contributed by atoms with E-state index < -0.39 is 0 Å². The summed E-state index contributed by atoms with van der Waals surface area (Å²) in [5, 5.41) is 18.8. The van der Waals surface area contributed by atoms with Crippen LogP contribution in [-0.4, -0.2) is 49.8 Å². The molecule has 184 valence electrons. The molecule has 0 aliphatic rings. The van der Waals surface area contributed by atoms with E-state index in [-0.39, 0.29) is 11.8 Å². The minimum atomic E-state index is 0.203. The number of thiazole rings is 1. The third-order valence-electron chi connectivity index (χ3n) is 4.81. The van der Waals surface area contributed by atoms with Gasteiger partial charge in [-0.1, -0.05) is 39.3 Å². The topological polar surface area (TPSA) is 87.4 Å². The fourth-order valence-electron chi connectivity index (χ4n) is 3.34. The number of fused-ring (bicyclic) bond motifs is 1. The van der Waals surface area contributed by atoms with Crippen molar-refractivity contribution in [2.75, 3.05) is 24.7 Å². The smallest absolute Gasteiger partial charge is 0.223 e. The Kier molecular flexibility index (Phi) is 11.9. The molecular formula is C25H36N6OS2. The molecule has 0 bridgehead atoms. The molecule has 3 N–H and O–H groups in total. The van der Waals surface area contributed by atoms with Gasteiger partial charge in [0.15, 0.2) is 4.96 Å². The lowest BCUT2D eigenvalue weighted by atomic mass is 10.1. The SMILES string of the molecule is CC.CCCCNCC(C)Nc1nccc(-c2c(-c3cccc(O)c3)nc3sccn23)n1.CS. The molecule has 1 unspecified atom stereocenters. The zero-order chi connectivity index (χ0) is 24.9. The van der Waals surface area contributed by atoms with Gasteiger partial charge in [0, 0.05) is 35.9 Å². The highest BCUT2D eigenvalue weighted by Crippen LogP contribution is 2.34. The van der Waals surface area contributed by atoms with Gasteiger partial charge in [0.2, 0.25) is 5.95 Å². The monoisotopic (exact) mass is 500 g/mol. The average molecular weight is 501 g/mol. The van der Waals surface area contributed by atoms with Crippen molar-refractivity contribution >= 4 is 34.9 Å². The molecule has 4 aromatic rings. The molecule has 4 rings (SSSR count). The molecule has 3 aromatic heterocycles. The Balaban J connectivity index is 0.000000970. The van der Waals surface area contributed by atoms with Gasteiger partial charge in [-0.2, -0.15) is 12.6 Å². The number of phenols is 1. The Labute approximate surface area is 212 Å². The maximum atomic E-state index is 9.94. The van der Waals surface area contributed by atoms with Crippen LogP contribution in [0.3, 0.4) is 0 Å². The number of unbranched alkanes of at least 4 members (excludes halogenated alkanes) is 1. The molecule has 7 nitrogen and oxygen atoms in total. The van der Waals surface area contributed by atoms with E-state index in [0.717, 1.165) is 40.7 Å². The van der Waals surface area contributed by atoms with E-state index in [1.54, 1.807) is 35.9 Å². The van der Waals surface area contributed by atoms with Gasteiger partial charge in [0.1, 0.15) is 11.4 Å². The minimum Gasteiger partial charge on any atom is -0.508 e. The van der Waals surface area contributed by atoms with Crippen LogP contribution in [0.5, 0.6) is 5.75 Å². The van der Waals surface area contributed by atoms with Crippen LogP contribution in [0.2, 0.25) is 0 Å². The third-order valence-corrected chi connectivity index (χ3v) is 5.57. The van der Waals surface area contributed by atoms with Crippen LogP contribution in [0.4, 0.5) is 5.95 Å². The number of imidazole rings is 1. The summed E-state index contributed by atoms with van der Waals surface area (Å²) in [6, 6.07) is 9.24. The maximum absolute atomic E-state index is 9.94. The molecule has 0 aliphatic carbocycles. The van der Waals surface area contributed by atoms with Crippen molar-refractivity contribution in [1.82, 2.24) is 24.7 Å². The van der Waals surface area contributed by atoms with Crippen LogP contribution in [0.15, 0.2) is 48.1 Å². The van der Waals surface area contributed by atoms with E-state index in [2.05, 4.69) is 42.1 Å². The first-order chi connectivity index (χ1) is 16.7. The van der Waals surface area contributed by atoms with Crippen LogP contribution >= 0.6 is 24.0 Å². The lowest BCUT2D eigenvalue weighted by molar-refractivity contribution is 0.475. The fourth-order valence-corrected chi connectivity index (χ4v) is 4.05. The van der Waals surface area contributed by atoms with Crippen LogP contribution in [-0.2, 0) is 0 Å². The molecule has 0 saturated carbocycles. The minimum absolute atomic E-state index is 0.203. The van der Waals surface area contributed by atoms with Gasteiger partial charge in [0.05, 0.1) is 11.4 Å². The number of hydrogen-bond donors (Lipinski definition) is 4. The van der Waals surface area contributed by atoms with Crippen LogP contribution < -0.4 is 10.6 Å². The number of thiol groups is 1. The van der Waals surface area contributed by atoms with E-state index in [1.807, 2.05) is 48.0 Å². The summed E-state index contributed by atoms with van der Waals surface area (Å²) in [7, 11) is 0. The fraction of sp³-hybridized carbons (Fsp3) is 0.400. The number of aromatic hydroxyl groups is 1. The number of nitrogens with one attached hydrogen (secondary N) is 2. The molecular weight excluding hydrogens is 464 g/mol. The van der Waals surface area contributed by atoms with Crippen molar-refractivity contribution in [1.29, 1.82) is 0 Å². The van der Waals surface area contributed by atoms with Crippen molar-refractivity contribution in [3.8, 4) is 28.4 Å². The predicted molar refractivity (Wildman–Crippen MR) is 148 cm³/mol. The van der Waals surface area contributed by atoms with E-state index in [0.29, 0.717) is 5.95 Å². The largest absolute Gasteiger partial charge is 0.508 e. The number of anilines is 1. The van der Waals surface area contributed by atoms with E-state index >= 15 is 0 Å². The second-order valence-corrected chi connectivity index (χ2v) is 8.16. The van der Waals surface area contributed by atoms with Crippen LogP contribution in [0, 0.1) is 0 Å². The Hall–Kier alpha value is -2.62. The van der Waals surface area contributed by atoms with E-state index in [9.17, 15) is 5.11 Å². The summed E-state index contributed by atoms with van der Waals surface area (Å²) >= 11 is 5.09. The van der Waals surface area contributed by atoms with Gasteiger partial charge in [-0.15, -0.1) is 11.3 Å². The van der Waals surface area contributed by atoms with Crippen molar-refractivity contribution in [2.45, 2.75) is 46.6 Å². The van der Waals surface area contributed by atoms with Gasteiger partial charge < -0.3 is 15.7 Å². The number of benzene rings is 1. The lowest BCUT2D eigenvalue weighted by Crippen LogP contribution is -2.31. The third kappa shape index (κ3) is 7.19. The molecule has 0 spiro atoms. The normalized spacial score (nSPS) is 11.2. The van der Waals surface area contributed by atoms with Crippen molar-refractivity contribution in [3.63, 3.8) is 0 Å². The van der Waals surface area contributed by atoms with Crippen molar-refractivity contribution < 1.29 is 5.11 Å². The second kappa shape index (κ2) is 14.6. The predicted octanol–water partition coefficient (Wildman–Crippen LogP) is 5.99. The zero-order valence-corrected chi connectivity index (χ0v) is 22.3. The first-order valence-corrected chi connectivity index (χ1v) is 13.4. The molecule has 0 amide bonds.